The first kappa shape index (κ1) is 11.1. The van der Waals surface area contributed by atoms with Crippen molar-refractivity contribution in [3.05, 3.63) is 30.4 Å². The van der Waals surface area contributed by atoms with Crippen LogP contribution in [0.4, 0.5) is 0 Å². The Kier molecular flexibility index (Phi) is 2.88. The van der Waals surface area contributed by atoms with Gasteiger partial charge in [0.2, 0.25) is 11.7 Å². The lowest BCUT2D eigenvalue weighted by Gasteiger charge is -2.16. The van der Waals surface area contributed by atoms with Crippen LogP contribution in [-0.4, -0.2) is 20.9 Å². The normalized spacial score (nSPS) is 17.0. The number of Topliss-reactive ketones (excluding diaryl/α,β-unsaturated/α-hetero) is 1. The van der Waals surface area contributed by atoms with Gasteiger partial charge in [-0.15, -0.1) is 0 Å². The molecule has 1 aliphatic carbocycles. The van der Waals surface area contributed by atoms with Crippen LogP contribution in [0.3, 0.4) is 0 Å². The van der Waals surface area contributed by atoms with Gasteiger partial charge in [-0.25, -0.2) is 0 Å². The van der Waals surface area contributed by atoms with Crippen LogP contribution in [0.25, 0.3) is 11.4 Å². The molecule has 92 valence electrons. The molecule has 1 aliphatic rings. The fourth-order valence-corrected chi connectivity index (χ4v) is 2.20. The van der Waals surface area contributed by atoms with Crippen LogP contribution in [0.5, 0.6) is 0 Å². The molecule has 5 heteroatoms. The predicted molar refractivity (Wildman–Crippen MR) is 63.7 cm³/mol. The second-order valence-electron chi connectivity index (χ2n) is 4.51. The van der Waals surface area contributed by atoms with Gasteiger partial charge >= 0.3 is 0 Å². The van der Waals surface area contributed by atoms with Crippen molar-refractivity contribution >= 4 is 5.78 Å². The average Bonchev–Trinajstić information content (AvgIpc) is 2.90. The summed E-state index contributed by atoms with van der Waals surface area (Å²) >= 11 is 0. The van der Waals surface area contributed by atoms with Gasteiger partial charge in [0.1, 0.15) is 5.78 Å². The number of aromatic nitrogens is 3. The lowest BCUT2D eigenvalue weighted by Crippen LogP contribution is -2.12. The largest absolute Gasteiger partial charge is 0.339 e. The Morgan fingerprint density at radius 1 is 1.28 bits per heavy atom. The topological polar surface area (TPSA) is 68.9 Å². The molecule has 1 saturated carbocycles. The molecule has 0 aliphatic heterocycles. The SMILES string of the molecule is O=C1CCC(c2nc(-c3cccnc3)no2)CC1. The van der Waals surface area contributed by atoms with Gasteiger partial charge in [0.25, 0.3) is 0 Å². The van der Waals surface area contributed by atoms with E-state index in [1.165, 1.54) is 0 Å². The summed E-state index contributed by atoms with van der Waals surface area (Å²) in [6, 6.07) is 3.73. The fourth-order valence-electron chi connectivity index (χ4n) is 2.20. The number of carbonyl (C=O) groups is 1. The molecule has 2 aromatic rings. The van der Waals surface area contributed by atoms with Crippen LogP contribution >= 0.6 is 0 Å². The molecule has 0 N–H and O–H groups in total. The van der Waals surface area contributed by atoms with Gasteiger partial charge in [0.15, 0.2) is 0 Å². The third-order valence-electron chi connectivity index (χ3n) is 3.25. The molecule has 0 radical (unpaired) electrons. The standard InChI is InChI=1S/C13H13N3O2/c17-11-5-3-9(4-6-11)13-15-12(16-18-13)10-2-1-7-14-8-10/h1-2,7-9H,3-6H2. The fraction of sp³-hybridized carbons (Fsp3) is 0.385. The van der Waals surface area contributed by atoms with Crippen LogP contribution in [0.15, 0.2) is 29.0 Å². The Labute approximate surface area is 104 Å². The Balaban J connectivity index is 1.80. The van der Waals surface area contributed by atoms with Gasteiger partial charge in [-0.05, 0) is 25.0 Å². The maximum atomic E-state index is 11.2. The van der Waals surface area contributed by atoms with E-state index in [-0.39, 0.29) is 5.92 Å². The van der Waals surface area contributed by atoms with E-state index >= 15 is 0 Å². The van der Waals surface area contributed by atoms with E-state index in [9.17, 15) is 4.79 Å². The van der Waals surface area contributed by atoms with E-state index in [0.717, 1.165) is 18.4 Å². The molecule has 0 spiro atoms. The summed E-state index contributed by atoms with van der Waals surface area (Å²) in [6.45, 7) is 0. The second kappa shape index (κ2) is 4.68. The quantitative estimate of drug-likeness (QED) is 0.809. The molecule has 0 bridgehead atoms. The van der Waals surface area contributed by atoms with E-state index in [1.807, 2.05) is 12.1 Å². The molecule has 3 rings (SSSR count). The highest BCUT2D eigenvalue weighted by Crippen LogP contribution is 2.31. The van der Waals surface area contributed by atoms with Crippen molar-refractivity contribution in [2.45, 2.75) is 31.6 Å². The minimum atomic E-state index is 0.223. The van der Waals surface area contributed by atoms with Crippen LogP contribution in [0.1, 0.15) is 37.5 Å². The summed E-state index contributed by atoms with van der Waals surface area (Å²) in [6.07, 6.45) is 6.28. The number of rotatable bonds is 2. The van der Waals surface area contributed by atoms with E-state index in [1.54, 1.807) is 12.4 Å². The maximum Gasteiger partial charge on any atom is 0.230 e. The molecule has 1 fully saturated rings. The van der Waals surface area contributed by atoms with Gasteiger partial charge in [-0.2, -0.15) is 4.98 Å². The van der Waals surface area contributed by atoms with Crippen molar-refractivity contribution < 1.29 is 9.32 Å². The lowest BCUT2D eigenvalue weighted by atomic mass is 9.88. The maximum absolute atomic E-state index is 11.2. The summed E-state index contributed by atoms with van der Waals surface area (Å²) in [5.74, 6) is 1.76. The molecular weight excluding hydrogens is 230 g/mol. The van der Waals surface area contributed by atoms with Crippen LogP contribution < -0.4 is 0 Å². The first-order valence-electron chi connectivity index (χ1n) is 6.08. The van der Waals surface area contributed by atoms with Crippen molar-refractivity contribution in [1.29, 1.82) is 0 Å². The van der Waals surface area contributed by atoms with Gasteiger partial charge in [0.05, 0.1) is 0 Å². The third kappa shape index (κ3) is 2.16. The molecule has 2 aromatic heterocycles. The van der Waals surface area contributed by atoms with Crippen molar-refractivity contribution in [2.75, 3.05) is 0 Å². The molecule has 0 atom stereocenters. The molecule has 18 heavy (non-hydrogen) atoms. The summed E-state index contributed by atoms with van der Waals surface area (Å²) in [7, 11) is 0. The molecule has 0 saturated heterocycles. The molecular formula is C13H13N3O2. The highest BCUT2D eigenvalue weighted by molar-refractivity contribution is 5.79. The first-order chi connectivity index (χ1) is 8.83. The van der Waals surface area contributed by atoms with Gasteiger partial charge in [-0.1, -0.05) is 5.16 Å². The van der Waals surface area contributed by atoms with E-state index in [4.69, 9.17) is 4.52 Å². The van der Waals surface area contributed by atoms with Gasteiger partial charge < -0.3 is 4.52 Å². The molecule has 5 nitrogen and oxygen atoms in total. The molecule has 0 amide bonds. The molecule has 2 heterocycles. The highest BCUT2D eigenvalue weighted by Gasteiger charge is 2.25. The lowest BCUT2D eigenvalue weighted by molar-refractivity contribution is -0.120. The van der Waals surface area contributed by atoms with E-state index < -0.39 is 0 Å². The zero-order valence-electron chi connectivity index (χ0n) is 9.87. The Hall–Kier alpha value is -2.04. The number of pyridine rings is 1. The smallest absolute Gasteiger partial charge is 0.230 e. The molecule has 0 unspecified atom stereocenters. The second-order valence-corrected chi connectivity index (χ2v) is 4.51. The summed E-state index contributed by atoms with van der Waals surface area (Å²) in [5.41, 5.74) is 0.847. The number of hydrogen-bond acceptors (Lipinski definition) is 5. The first-order valence-corrected chi connectivity index (χ1v) is 6.08. The van der Waals surface area contributed by atoms with E-state index in [0.29, 0.717) is 30.3 Å². The van der Waals surface area contributed by atoms with Crippen LogP contribution in [-0.2, 0) is 4.79 Å². The van der Waals surface area contributed by atoms with Crippen molar-refractivity contribution in [3.8, 4) is 11.4 Å². The van der Waals surface area contributed by atoms with Crippen LogP contribution in [0, 0.1) is 0 Å². The number of ketones is 1. The zero-order valence-corrected chi connectivity index (χ0v) is 9.87. The highest BCUT2D eigenvalue weighted by atomic mass is 16.5. The van der Waals surface area contributed by atoms with Crippen LogP contribution in [0.2, 0.25) is 0 Å². The predicted octanol–water partition coefficient (Wildman–Crippen LogP) is 2.36. The monoisotopic (exact) mass is 243 g/mol. The van der Waals surface area contributed by atoms with Crippen molar-refractivity contribution in [3.63, 3.8) is 0 Å². The van der Waals surface area contributed by atoms with Crippen molar-refractivity contribution in [1.82, 2.24) is 15.1 Å². The summed E-state index contributed by atoms with van der Waals surface area (Å²) in [5, 5.41) is 3.97. The zero-order chi connectivity index (χ0) is 12.4. The van der Waals surface area contributed by atoms with E-state index in [2.05, 4.69) is 15.1 Å². The van der Waals surface area contributed by atoms with Gasteiger partial charge in [-0.3, -0.25) is 9.78 Å². The molecule has 0 aromatic carbocycles. The number of hydrogen-bond donors (Lipinski definition) is 0. The minimum absolute atomic E-state index is 0.223. The summed E-state index contributed by atoms with van der Waals surface area (Å²) in [4.78, 5) is 19.6. The summed E-state index contributed by atoms with van der Waals surface area (Å²) < 4.78 is 5.29. The average molecular weight is 243 g/mol. The Morgan fingerprint density at radius 2 is 2.11 bits per heavy atom. The number of carbonyl (C=O) groups excluding carboxylic acids is 1. The van der Waals surface area contributed by atoms with Crippen molar-refractivity contribution in [2.24, 2.45) is 0 Å². The Bertz CT molecular complexity index is 540. The minimum Gasteiger partial charge on any atom is -0.339 e. The third-order valence-corrected chi connectivity index (χ3v) is 3.25. The Morgan fingerprint density at radius 3 is 2.83 bits per heavy atom. The number of nitrogens with zero attached hydrogens (tertiary/aromatic N) is 3. The van der Waals surface area contributed by atoms with Gasteiger partial charge in [0, 0.05) is 36.7 Å².